The Balaban J connectivity index is 1.71. The lowest BCUT2D eigenvalue weighted by atomic mass is 10.0. The molecule has 4 aromatic rings. The van der Waals surface area contributed by atoms with Gasteiger partial charge in [0.05, 0.1) is 5.69 Å². The van der Waals surface area contributed by atoms with Crippen LogP contribution in [0.25, 0.3) is 10.8 Å². The van der Waals surface area contributed by atoms with Gasteiger partial charge in [-0.15, -0.1) is 0 Å². The van der Waals surface area contributed by atoms with Crippen molar-refractivity contribution in [3.8, 4) is 5.75 Å². The van der Waals surface area contributed by atoms with Crippen LogP contribution in [-0.4, -0.2) is 6.21 Å². The van der Waals surface area contributed by atoms with Crippen LogP contribution < -0.4 is 4.74 Å². The van der Waals surface area contributed by atoms with E-state index in [2.05, 4.69) is 44.2 Å². The molecule has 4 aromatic carbocycles. The van der Waals surface area contributed by atoms with E-state index in [1.807, 2.05) is 54.7 Å². The van der Waals surface area contributed by atoms with Gasteiger partial charge in [-0.3, -0.25) is 4.99 Å². The van der Waals surface area contributed by atoms with Crippen LogP contribution >= 0.6 is 11.6 Å². The molecule has 0 aliphatic rings. The predicted molar refractivity (Wildman–Crippen MR) is 123 cm³/mol. The van der Waals surface area contributed by atoms with Gasteiger partial charge >= 0.3 is 0 Å². The maximum Gasteiger partial charge on any atom is 0.129 e. The van der Waals surface area contributed by atoms with Crippen LogP contribution in [0, 0.1) is 13.8 Å². The quantitative estimate of drug-likeness (QED) is 0.319. The number of ether oxygens (including phenoxy) is 1. The highest BCUT2D eigenvalue weighted by Gasteiger charge is 2.09. The van der Waals surface area contributed by atoms with Gasteiger partial charge in [-0.05, 0) is 60.0 Å². The van der Waals surface area contributed by atoms with Crippen molar-refractivity contribution < 1.29 is 4.74 Å². The summed E-state index contributed by atoms with van der Waals surface area (Å²) in [4.78, 5) is 4.73. The summed E-state index contributed by atoms with van der Waals surface area (Å²) in [5, 5.41) is 2.97. The minimum atomic E-state index is 0.405. The number of benzene rings is 4. The first-order valence-corrected chi connectivity index (χ1v) is 9.99. The van der Waals surface area contributed by atoms with Gasteiger partial charge in [0.2, 0.25) is 0 Å². The summed E-state index contributed by atoms with van der Waals surface area (Å²) in [6.07, 6.45) is 1.90. The summed E-state index contributed by atoms with van der Waals surface area (Å²) in [5.74, 6) is 0.788. The Morgan fingerprint density at radius 1 is 0.862 bits per heavy atom. The van der Waals surface area contributed by atoms with Crippen molar-refractivity contribution in [1.82, 2.24) is 0 Å². The van der Waals surface area contributed by atoms with Crippen LogP contribution in [-0.2, 0) is 6.61 Å². The van der Waals surface area contributed by atoms with E-state index in [1.54, 1.807) is 0 Å². The standard InChI is InChI=1S/C26H22ClNO/c1-18-11-13-22(15-19(18)2)28-16-24-23-9-5-3-7-20(23)12-14-26(24)29-17-21-8-4-6-10-25(21)27/h3-16H,17H2,1-2H3. The minimum Gasteiger partial charge on any atom is -0.488 e. The molecular weight excluding hydrogens is 378 g/mol. The molecule has 0 spiro atoms. The van der Waals surface area contributed by atoms with Gasteiger partial charge in [0, 0.05) is 22.4 Å². The molecule has 0 heterocycles. The summed E-state index contributed by atoms with van der Waals surface area (Å²) in [7, 11) is 0. The second-order valence-corrected chi connectivity index (χ2v) is 7.51. The number of rotatable bonds is 5. The van der Waals surface area contributed by atoms with Gasteiger partial charge in [-0.25, -0.2) is 0 Å². The molecule has 4 rings (SSSR count). The van der Waals surface area contributed by atoms with Crippen molar-refractivity contribution in [2.45, 2.75) is 20.5 Å². The minimum absolute atomic E-state index is 0.405. The van der Waals surface area contributed by atoms with Crippen LogP contribution in [0.3, 0.4) is 0 Å². The van der Waals surface area contributed by atoms with Gasteiger partial charge in [-0.1, -0.05) is 66.2 Å². The fraction of sp³-hybridized carbons (Fsp3) is 0.115. The molecule has 0 unspecified atom stereocenters. The number of halogens is 1. The molecular formula is C26H22ClNO. The second-order valence-electron chi connectivity index (χ2n) is 7.11. The van der Waals surface area contributed by atoms with E-state index in [0.29, 0.717) is 11.6 Å². The van der Waals surface area contributed by atoms with Crippen LogP contribution in [0.15, 0.2) is 83.9 Å². The van der Waals surface area contributed by atoms with Crippen LogP contribution in [0.5, 0.6) is 5.75 Å². The molecule has 0 atom stereocenters. The zero-order valence-corrected chi connectivity index (χ0v) is 17.3. The van der Waals surface area contributed by atoms with E-state index < -0.39 is 0 Å². The normalized spacial score (nSPS) is 11.3. The van der Waals surface area contributed by atoms with E-state index >= 15 is 0 Å². The molecule has 0 aliphatic heterocycles. The first kappa shape index (κ1) is 19.2. The Bertz CT molecular complexity index is 1200. The third kappa shape index (κ3) is 4.33. The molecule has 0 amide bonds. The van der Waals surface area contributed by atoms with Crippen molar-refractivity contribution >= 4 is 34.3 Å². The smallest absolute Gasteiger partial charge is 0.129 e. The summed E-state index contributed by atoms with van der Waals surface area (Å²) in [6.45, 7) is 4.61. The predicted octanol–water partition coefficient (Wildman–Crippen LogP) is 7.44. The Morgan fingerprint density at radius 3 is 2.48 bits per heavy atom. The van der Waals surface area contributed by atoms with Crippen molar-refractivity contribution in [2.24, 2.45) is 4.99 Å². The molecule has 0 N–H and O–H groups in total. The van der Waals surface area contributed by atoms with Gasteiger partial charge in [0.25, 0.3) is 0 Å². The summed E-state index contributed by atoms with van der Waals surface area (Å²) < 4.78 is 6.17. The summed E-state index contributed by atoms with van der Waals surface area (Å²) in [6, 6.07) is 26.3. The van der Waals surface area contributed by atoms with E-state index in [0.717, 1.165) is 33.3 Å². The lowest BCUT2D eigenvalue weighted by molar-refractivity contribution is 0.306. The molecule has 0 aromatic heterocycles. The molecule has 0 saturated carbocycles. The van der Waals surface area contributed by atoms with Crippen LogP contribution in [0.1, 0.15) is 22.3 Å². The lowest BCUT2D eigenvalue weighted by Gasteiger charge is -2.12. The SMILES string of the molecule is Cc1ccc(N=Cc2c(OCc3ccccc3Cl)ccc3ccccc23)cc1C. The average Bonchev–Trinajstić information content (AvgIpc) is 2.74. The van der Waals surface area contributed by atoms with Gasteiger partial charge in [0.1, 0.15) is 12.4 Å². The van der Waals surface area contributed by atoms with E-state index in [4.69, 9.17) is 21.3 Å². The fourth-order valence-electron chi connectivity index (χ4n) is 3.25. The Labute approximate surface area is 176 Å². The topological polar surface area (TPSA) is 21.6 Å². The number of hydrogen-bond donors (Lipinski definition) is 0. The third-order valence-electron chi connectivity index (χ3n) is 5.10. The molecule has 0 radical (unpaired) electrons. The van der Waals surface area contributed by atoms with Gasteiger partial charge in [0.15, 0.2) is 0 Å². The van der Waals surface area contributed by atoms with Gasteiger partial charge < -0.3 is 4.74 Å². The highest BCUT2D eigenvalue weighted by atomic mass is 35.5. The maximum absolute atomic E-state index is 6.29. The molecule has 144 valence electrons. The number of nitrogens with zero attached hydrogens (tertiary/aromatic N) is 1. The number of aliphatic imine (C=N–C) groups is 1. The van der Waals surface area contributed by atoms with Crippen LogP contribution in [0.4, 0.5) is 5.69 Å². The highest BCUT2D eigenvalue weighted by Crippen LogP contribution is 2.29. The van der Waals surface area contributed by atoms with Crippen molar-refractivity contribution in [1.29, 1.82) is 0 Å². The number of aryl methyl sites for hydroxylation is 2. The lowest BCUT2D eigenvalue weighted by Crippen LogP contribution is -1.99. The molecule has 0 bridgehead atoms. The fourth-order valence-corrected chi connectivity index (χ4v) is 3.44. The van der Waals surface area contributed by atoms with Crippen molar-refractivity contribution in [2.75, 3.05) is 0 Å². The zero-order chi connectivity index (χ0) is 20.2. The van der Waals surface area contributed by atoms with Gasteiger partial charge in [-0.2, -0.15) is 0 Å². The highest BCUT2D eigenvalue weighted by molar-refractivity contribution is 6.31. The van der Waals surface area contributed by atoms with Crippen LogP contribution in [0.2, 0.25) is 5.02 Å². The molecule has 0 saturated heterocycles. The molecule has 3 heteroatoms. The van der Waals surface area contributed by atoms with E-state index in [9.17, 15) is 0 Å². The number of fused-ring (bicyclic) bond motifs is 1. The number of hydrogen-bond acceptors (Lipinski definition) is 2. The largest absolute Gasteiger partial charge is 0.488 e. The van der Waals surface area contributed by atoms with E-state index in [-0.39, 0.29) is 0 Å². The molecule has 0 aliphatic carbocycles. The Kier molecular flexibility index (Phi) is 5.64. The zero-order valence-electron chi connectivity index (χ0n) is 16.5. The summed E-state index contributed by atoms with van der Waals surface area (Å²) >= 11 is 6.29. The third-order valence-corrected chi connectivity index (χ3v) is 5.47. The molecule has 29 heavy (non-hydrogen) atoms. The van der Waals surface area contributed by atoms with Crippen molar-refractivity contribution in [3.05, 3.63) is 106 Å². The maximum atomic E-state index is 6.29. The Morgan fingerprint density at radius 2 is 1.66 bits per heavy atom. The molecule has 0 fully saturated rings. The Hall–Kier alpha value is -3.10. The monoisotopic (exact) mass is 399 g/mol. The second kappa shape index (κ2) is 8.50. The average molecular weight is 400 g/mol. The summed E-state index contributed by atoms with van der Waals surface area (Å²) in [5.41, 5.74) is 5.34. The van der Waals surface area contributed by atoms with E-state index in [1.165, 1.54) is 11.1 Å². The molecule has 2 nitrogen and oxygen atoms in total. The van der Waals surface area contributed by atoms with Crippen molar-refractivity contribution in [3.63, 3.8) is 0 Å². The first-order valence-electron chi connectivity index (χ1n) is 9.61. The first-order chi connectivity index (χ1) is 14.1.